The quantitative estimate of drug-likeness (QED) is 0.164. The summed E-state index contributed by atoms with van der Waals surface area (Å²) < 4.78 is 6.81. The Bertz CT molecular complexity index is 3990. The SMILES string of the molecule is [C-]#[N+]c1cc(-n2c3ccc(-n4c5ccccc5c5ccccc54)cc3c3ccc4c(c32)-c2ccccc2C4(C)C)c(C#N)cc1-n1c2ccccc2c2c3ccccc3ccc21. The second-order valence-corrected chi connectivity index (χ2v) is 17.1. The van der Waals surface area contributed by atoms with Crippen molar-refractivity contribution >= 4 is 81.9 Å². The molecule has 288 valence electrons. The highest BCUT2D eigenvalue weighted by atomic mass is 15.0. The van der Waals surface area contributed by atoms with Crippen LogP contribution in [0.1, 0.15) is 30.5 Å². The van der Waals surface area contributed by atoms with Crippen LogP contribution in [0.2, 0.25) is 0 Å². The van der Waals surface area contributed by atoms with Crippen LogP contribution in [0.25, 0.3) is 109 Å². The maximum atomic E-state index is 11.3. The minimum absolute atomic E-state index is 0.236. The zero-order valence-electron chi connectivity index (χ0n) is 34.0. The van der Waals surface area contributed by atoms with Crippen LogP contribution in [0.15, 0.2) is 176 Å². The number of fused-ring (bicyclic) bond motifs is 15. The first-order chi connectivity index (χ1) is 30.5. The minimum Gasteiger partial charge on any atom is -0.319 e. The Kier molecular flexibility index (Phi) is 6.86. The van der Waals surface area contributed by atoms with Crippen LogP contribution in [-0.4, -0.2) is 13.7 Å². The number of nitrogens with zero attached hydrogens (tertiary/aromatic N) is 5. The first-order valence-corrected chi connectivity index (χ1v) is 21.0. The number of hydrogen-bond acceptors (Lipinski definition) is 1. The lowest BCUT2D eigenvalue weighted by molar-refractivity contribution is 0.661. The van der Waals surface area contributed by atoms with Gasteiger partial charge >= 0.3 is 0 Å². The van der Waals surface area contributed by atoms with Gasteiger partial charge in [0.15, 0.2) is 0 Å². The molecule has 9 aromatic carbocycles. The van der Waals surface area contributed by atoms with Gasteiger partial charge in [-0.1, -0.05) is 135 Å². The van der Waals surface area contributed by atoms with Crippen molar-refractivity contribution in [2.24, 2.45) is 0 Å². The van der Waals surface area contributed by atoms with Gasteiger partial charge in [0.1, 0.15) is 6.07 Å². The van der Waals surface area contributed by atoms with E-state index < -0.39 is 0 Å². The van der Waals surface area contributed by atoms with Crippen molar-refractivity contribution in [3.05, 3.63) is 204 Å². The number of nitriles is 1. The molecule has 0 radical (unpaired) electrons. The van der Waals surface area contributed by atoms with Crippen LogP contribution < -0.4 is 0 Å². The molecule has 62 heavy (non-hydrogen) atoms. The average Bonchev–Trinajstić information content (AvgIpc) is 4.02. The first kappa shape index (κ1) is 34.5. The van der Waals surface area contributed by atoms with Crippen molar-refractivity contribution in [3.8, 4) is 34.3 Å². The normalized spacial score (nSPS) is 13.1. The number of para-hydroxylation sites is 3. The van der Waals surface area contributed by atoms with E-state index in [0.717, 1.165) is 71.1 Å². The highest BCUT2D eigenvalue weighted by Gasteiger charge is 2.38. The van der Waals surface area contributed by atoms with Crippen molar-refractivity contribution in [3.63, 3.8) is 0 Å². The minimum atomic E-state index is -0.236. The van der Waals surface area contributed by atoms with Gasteiger partial charge in [0.2, 0.25) is 5.69 Å². The van der Waals surface area contributed by atoms with E-state index in [2.05, 4.69) is 196 Å². The molecule has 0 fully saturated rings. The first-order valence-electron chi connectivity index (χ1n) is 21.0. The zero-order valence-corrected chi connectivity index (χ0v) is 34.0. The molecule has 12 aromatic rings. The summed E-state index contributed by atoms with van der Waals surface area (Å²) in [6.45, 7) is 13.3. The fourth-order valence-electron chi connectivity index (χ4n) is 11.0. The molecule has 0 N–H and O–H groups in total. The molecule has 1 aliphatic carbocycles. The summed E-state index contributed by atoms with van der Waals surface area (Å²) in [6.07, 6.45) is 0. The Morgan fingerprint density at radius 3 is 1.87 bits per heavy atom. The van der Waals surface area contributed by atoms with E-state index in [9.17, 15) is 5.26 Å². The van der Waals surface area contributed by atoms with Crippen LogP contribution >= 0.6 is 0 Å². The summed E-state index contributed by atoms with van der Waals surface area (Å²) in [5, 5.41) is 20.4. The molecule has 0 spiro atoms. The van der Waals surface area contributed by atoms with Gasteiger partial charge in [0.25, 0.3) is 0 Å². The summed E-state index contributed by atoms with van der Waals surface area (Å²) in [5.74, 6) is 0. The van der Waals surface area contributed by atoms with Crippen molar-refractivity contribution in [2.75, 3.05) is 0 Å². The molecule has 5 heteroatoms. The summed E-state index contributed by atoms with van der Waals surface area (Å²) in [5.41, 5.74) is 14.4. The van der Waals surface area contributed by atoms with Gasteiger partial charge in [-0.05, 0) is 82.1 Å². The largest absolute Gasteiger partial charge is 0.319 e. The molecule has 3 aromatic heterocycles. The maximum absolute atomic E-state index is 11.3. The van der Waals surface area contributed by atoms with Gasteiger partial charge in [-0.25, -0.2) is 4.85 Å². The number of rotatable bonds is 3. The number of hydrogen-bond donors (Lipinski definition) is 0. The molecule has 0 unspecified atom stereocenters. The molecule has 0 atom stereocenters. The van der Waals surface area contributed by atoms with Gasteiger partial charge in [-0.15, -0.1) is 0 Å². The fourth-order valence-corrected chi connectivity index (χ4v) is 11.0. The maximum Gasteiger partial charge on any atom is 0.212 e. The monoisotopic (exact) mass is 789 g/mol. The zero-order chi connectivity index (χ0) is 41.4. The predicted octanol–water partition coefficient (Wildman–Crippen LogP) is 14.9. The lowest BCUT2D eigenvalue weighted by atomic mass is 9.82. The molecule has 1 aliphatic rings. The van der Waals surface area contributed by atoms with Crippen LogP contribution in [0, 0.1) is 17.9 Å². The Hall–Kier alpha value is -8.38. The molecular formula is C57H35N5. The van der Waals surface area contributed by atoms with Gasteiger partial charge < -0.3 is 13.7 Å². The third kappa shape index (κ3) is 4.39. The number of aromatic nitrogens is 3. The molecule has 0 bridgehead atoms. The van der Waals surface area contributed by atoms with Crippen molar-refractivity contribution in [1.82, 2.24) is 13.7 Å². The Morgan fingerprint density at radius 1 is 0.500 bits per heavy atom. The standard InChI is InChI=1S/C57H35N5/c1-57(2)44-20-10-6-18-41(44)55-45(57)27-26-40-43-31-36(60-47-21-11-7-16-38(47)39-17-8-12-22-48(39)60)25-29-50(43)62(56(40)55)52-32-46(59-3)53(30-35(52)33-58)61-49-23-13-9-19-42(49)54-37-15-5-4-14-34(37)24-28-51(54)61/h4-32H,1-2H3. The van der Waals surface area contributed by atoms with E-state index in [1.165, 1.54) is 33.0 Å². The fraction of sp³-hybridized carbons (Fsp3) is 0.0526. The molecule has 0 saturated heterocycles. The second-order valence-electron chi connectivity index (χ2n) is 17.1. The molecule has 5 nitrogen and oxygen atoms in total. The Balaban J connectivity index is 1.14. The van der Waals surface area contributed by atoms with Crippen LogP contribution in [0.4, 0.5) is 5.69 Å². The third-order valence-corrected chi connectivity index (χ3v) is 13.7. The highest BCUT2D eigenvalue weighted by molar-refractivity contribution is 6.22. The van der Waals surface area contributed by atoms with Crippen molar-refractivity contribution < 1.29 is 0 Å². The summed E-state index contributed by atoms with van der Waals surface area (Å²) in [6, 6.07) is 64.9. The molecule has 3 heterocycles. The van der Waals surface area contributed by atoms with E-state index in [4.69, 9.17) is 6.57 Å². The van der Waals surface area contributed by atoms with E-state index in [1.807, 2.05) is 18.2 Å². The predicted molar refractivity (Wildman–Crippen MR) is 256 cm³/mol. The summed E-state index contributed by atoms with van der Waals surface area (Å²) in [7, 11) is 0. The number of benzene rings is 9. The topological polar surface area (TPSA) is 42.9 Å². The van der Waals surface area contributed by atoms with Crippen LogP contribution in [-0.2, 0) is 5.41 Å². The third-order valence-electron chi connectivity index (χ3n) is 13.7. The lowest BCUT2D eigenvalue weighted by Crippen LogP contribution is -2.14. The van der Waals surface area contributed by atoms with Crippen molar-refractivity contribution in [2.45, 2.75) is 19.3 Å². The second kappa shape index (κ2) is 12.3. The average molecular weight is 790 g/mol. The van der Waals surface area contributed by atoms with E-state index >= 15 is 0 Å². The van der Waals surface area contributed by atoms with Gasteiger partial charge in [0, 0.05) is 49.0 Å². The molecule has 13 rings (SSSR count). The van der Waals surface area contributed by atoms with Gasteiger partial charge in [-0.2, -0.15) is 5.26 Å². The lowest BCUT2D eigenvalue weighted by Gasteiger charge is -2.21. The van der Waals surface area contributed by atoms with Gasteiger partial charge in [-0.3, -0.25) is 0 Å². The Labute approximate surface area is 357 Å². The molecule has 0 saturated carbocycles. The van der Waals surface area contributed by atoms with Crippen molar-refractivity contribution in [1.29, 1.82) is 5.26 Å². The van der Waals surface area contributed by atoms with E-state index in [-0.39, 0.29) is 5.41 Å². The van der Waals surface area contributed by atoms with E-state index in [0.29, 0.717) is 22.6 Å². The molecular weight excluding hydrogens is 755 g/mol. The Morgan fingerprint density at radius 2 is 1.13 bits per heavy atom. The van der Waals surface area contributed by atoms with Crippen LogP contribution in [0.3, 0.4) is 0 Å². The molecule has 0 amide bonds. The molecule has 0 aliphatic heterocycles. The smallest absolute Gasteiger partial charge is 0.212 e. The summed E-state index contributed by atoms with van der Waals surface area (Å²) in [4.78, 5) is 4.25. The van der Waals surface area contributed by atoms with E-state index in [1.54, 1.807) is 0 Å². The van der Waals surface area contributed by atoms with Crippen LogP contribution in [0.5, 0.6) is 0 Å². The van der Waals surface area contributed by atoms with Gasteiger partial charge in [0.05, 0.1) is 56.6 Å². The summed E-state index contributed by atoms with van der Waals surface area (Å²) >= 11 is 0. The highest BCUT2D eigenvalue weighted by Crippen LogP contribution is 2.53.